The van der Waals surface area contributed by atoms with Crippen molar-refractivity contribution in [2.45, 2.75) is 39.5 Å². The normalized spacial score (nSPS) is 10.2. The van der Waals surface area contributed by atoms with Gasteiger partial charge in [-0.05, 0) is 37.0 Å². The summed E-state index contributed by atoms with van der Waals surface area (Å²) in [6.07, 6.45) is 2.91. The summed E-state index contributed by atoms with van der Waals surface area (Å²) < 4.78 is 4.88. The zero-order chi connectivity index (χ0) is 12.7. The third kappa shape index (κ3) is 4.47. The maximum atomic E-state index is 11.2. The van der Waals surface area contributed by atoms with E-state index in [1.807, 2.05) is 12.1 Å². The number of aromatic hydroxyl groups is 1. The number of ether oxygens (including phenoxy) is 1. The van der Waals surface area contributed by atoms with Crippen LogP contribution in [0.25, 0.3) is 0 Å². The van der Waals surface area contributed by atoms with Crippen LogP contribution in [-0.2, 0) is 22.4 Å². The van der Waals surface area contributed by atoms with E-state index in [0.29, 0.717) is 25.2 Å². The number of aryl methyl sites for hydroxylation is 2. The van der Waals surface area contributed by atoms with E-state index in [0.717, 1.165) is 24.0 Å². The first kappa shape index (κ1) is 13.6. The van der Waals surface area contributed by atoms with Crippen molar-refractivity contribution in [3.8, 4) is 5.75 Å². The van der Waals surface area contributed by atoms with Crippen LogP contribution >= 0.6 is 0 Å². The number of phenolic OH excluding ortho intramolecular Hbond substituents is 1. The van der Waals surface area contributed by atoms with Gasteiger partial charge in [0.05, 0.1) is 6.61 Å². The number of carbonyl (C=O) groups excluding carboxylic acids is 1. The van der Waals surface area contributed by atoms with Gasteiger partial charge in [0.25, 0.3) is 0 Å². The Bertz CT molecular complexity index is 372. The lowest BCUT2D eigenvalue weighted by atomic mass is 10.0. The number of hydrogen-bond acceptors (Lipinski definition) is 3. The van der Waals surface area contributed by atoms with E-state index < -0.39 is 0 Å². The first-order chi connectivity index (χ1) is 8.17. The number of phenols is 1. The van der Waals surface area contributed by atoms with Gasteiger partial charge in [0.2, 0.25) is 0 Å². The molecule has 1 N–H and O–H groups in total. The zero-order valence-electron chi connectivity index (χ0n) is 10.5. The Balaban J connectivity index is 2.59. The smallest absolute Gasteiger partial charge is 0.306 e. The minimum atomic E-state index is -0.169. The molecule has 0 aliphatic carbocycles. The van der Waals surface area contributed by atoms with Gasteiger partial charge in [-0.1, -0.05) is 25.5 Å². The standard InChI is InChI=1S/C14H20O3/c1-3-5-12-10-11(6-8-13(12)15)7-9-14(16)17-4-2/h6,8,10,15H,3-5,7,9H2,1-2H3. The molecule has 1 rings (SSSR count). The molecule has 0 bridgehead atoms. The van der Waals surface area contributed by atoms with Gasteiger partial charge in [-0.3, -0.25) is 4.79 Å². The summed E-state index contributed by atoms with van der Waals surface area (Å²) in [7, 11) is 0. The number of benzene rings is 1. The molecular weight excluding hydrogens is 216 g/mol. The van der Waals surface area contributed by atoms with Crippen molar-refractivity contribution < 1.29 is 14.6 Å². The average molecular weight is 236 g/mol. The molecule has 17 heavy (non-hydrogen) atoms. The van der Waals surface area contributed by atoms with E-state index in [1.54, 1.807) is 13.0 Å². The van der Waals surface area contributed by atoms with Gasteiger partial charge < -0.3 is 9.84 Å². The largest absolute Gasteiger partial charge is 0.508 e. The second-order valence-corrected chi connectivity index (χ2v) is 4.02. The van der Waals surface area contributed by atoms with Crippen LogP contribution in [0.2, 0.25) is 0 Å². The molecule has 0 aliphatic heterocycles. The van der Waals surface area contributed by atoms with Crippen LogP contribution in [-0.4, -0.2) is 17.7 Å². The van der Waals surface area contributed by atoms with Crippen LogP contribution in [0.1, 0.15) is 37.8 Å². The SMILES string of the molecule is CCCc1cc(CCC(=O)OCC)ccc1O. The highest BCUT2D eigenvalue weighted by atomic mass is 16.5. The van der Waals surface area contributed by atoms with Crippen LogP contribution in [0.15, 0.2) is 18.2 Å². The topological polar surface area (TPSA) is 46.5 Å². The average Bonchev–Trinajstić information content (AvgIpc) is 2.31. The lowest BCUT2D eigenvalue weighted by Crippen LogP contribution is -2.05. The van der Waals surface area contributed by atoms with Crippen molar-refractivity contribution in [2.24, 2.45) is 0 Å². The fourth-order valence-electron chi connectivity index (χ4n) is 1.74. The van der Waals surface area contributed by atoms with Gasteiger partial charge in [-0.15, -0.1) is 0 Å². The quantitative estimate of drug-likeness (QED) is 0.772. The molecule has 0 heterocycles. The van der Waals surface area contributed by atoms with Gasteiger partial charge in [0.15, 0.2) is 0 Å². The fraction of sp³-hybridized carbons (Fsp3) is 0.500. The highest BCUT2D eigenvalue weighted by molar-refractivity contribution is 5.69. The predicted molar refractivity (Wildman–Crippen MR) is 67.1 cm³/mol. The highest BCUT2D eigenvalue weighted by Crippen LogP contribution is 2.20. The molecular formula is C14H20O3. The number of esters is 1. The van der Waals surface area contributed by atoms with Crippen LogP contribution in [0.4, 0.5) is 0 Å². The molecule has 0 saturated carbocycles. The molecule has 0 amide bonds. The van der Waals surface area contributed by atoms with E-state index in [-0.39, 0.29) is 5.97 Å². The van der Waals surface area contributed by atoms with Crippen LogP contribution in [0, 0.1) is 0 Å². The monoisotopic (exact) mass is 236 g/mol. The van der Waals surface area contributed by atoms with Gasteiger partial charge in [0.1, 0.15) is 5.75 Å². The molecule has 0 spiro atoms. The van der Waals surface area contributed by atoms with Crippen LogP contribution < -0.4 is 0 Å². The van der Waals surface area contributed by atoms with Gasteiger partial charge in [0, 0.05) is 6.42 Å². The molecule has 1 aromatic rings. The van der Waals surface area contributed by atoms with E-state index in [1.165, 1.54) is 0 Å². The van der Waals surface area contributed by atoms with Crippen molar-refractivity contribution in [1.29, 1.82) is 0 Å². The lowest BCUT2D eigenvalue weighted by molar-refractivity contribution is -0.143. The van der Waals surface area contributed by atoms with Gasteiger partial charge >= 0.3 is 5.97 Å². The van der Waals surface area contributed by atoms with Crippen LogP contribution in [0.5, 0.6) is 5.75 Å². The molecule has 3 nitrogen and oxygen atoms in total. The van der Waals surface area contributed by atoms with Crippen molar-refractivity contribution in [3.05, 3.63) is 29.3 Å². The van der Waals surface area contributed by atoms with Gasteiger partial charge in [-0.25, -0.2) is 0 Å². The Morgan fingerprint density at radius 2 is 2.06 bits per heavy atom. The summed E-state index contributed by atoms with van der Waals surface area (Å²) in [4.78, 5) is 11.2. The zero-order valence-corrected chi connectivity index (χ0v) is 10.5. The molecule has 0 radical (unpaired) electrons. The minimum Gasteiger partial charge on any atom is -0.508 e. The maximum Gasteiger partial charge on any atom is 0.306 e. The first-order valence-electron chi connectivity index (χ1n) is 6.13. The van der Waals surface area contributed by atoms with E-state index in [2.05, 4.69) is 6.92 Å². The second kappa shape index (κ2) is 6.94. The molecule has 94 valence electrons. The van der Waals surface area contributed by atoms with Crippen molar-refractivity contribution in [1.82, 2.24) is 0 Å². The summed E-state index contributed by atoms with van der Waals surface area (Å²) in [5, 5.41) is 9.64. The Morgan fingerprint density at radius 1 is 1.29 bits per heavy atom. The lowest BCUT2D eigenvalue weighted by Gasteiger charge is -2.07. The molecule has 0 atom stereocenters. The Kier molecular flexibility index (Phi) is 5.53. The maximum absolute atomic E-state index is 11.2. The van der Waals surface area contributed by atoms with Crippen LogP contribution in [0.3, 0.4) is 0 Å². The summed E-state index contributed by atoms with van der Waals surface area (Å²) in [5.74, 6) is 0.171. The molecule has 0 fully saturated rings. The summed E-state index contributed by atoms with van der Waals surface area (Å²) in [6, 6.07) is 5.53. The molecule has 3 heteroatoms. The summed E-state index contributed by atoms with van der Waals surface area (Å²) >= 11 is 0. The summed E-state index contributed by atoms with van der Waals surface area (Å²) in [6.45, 7) is 4.30. The van der Waals surface area contributed by atoms with E-state index in [4.69, 9.17) is 4.74 Å². The minimum absolute atomic E-state index is 0.169. The molecule has 1 aromatic carbocycles. The predicted octanol–water partition coefficient (Wildman–Crippen LogP) is 2.84. The Hall–Kier alpha value is -1.51. The van der Waals surface area contributed by atoms with Crippen molar-refractivity contribution in [3.63, 3.8) is 0 Å². The molecule has 0 saturated heterocycles. The Morgan fingerprint density at radius 3 is 2.71 bits per heavy atom. The Labute approximate surface area is 102 Å². The number of rotatable bonds is 6. The molecule has 0 unspecified atom stereocenters. The van der Waals surface area contributed by atoms with Crippen molar-refractivity contribution in [2.75, 3.05) is 6.61 Å². The summed E-state index contributed by atoms with van der Waals surface area (Å²) in [5.41, 5.74) is 2.02. The number of carbonyl (C=O) groups is 1. The molecule has 0 aliphatic rings. The van der Waals surface area contributed by atoms with Crippen molar-refractivity contribution >= 4 is 5.97 Å². The van der Waals surface area contributed by atoms with E-state index >= 15 is 0 Å². The fourth-order valence-corrected chi connectivity index (χ4v) is 1.74. The highest BCUT2D eigenvalue weighted by Gasteiger charge is 2.05. The number of hydrogen-bond donors (Lipinski definition) is 1. The van der Waals surface area contributed by atoms with Gasteiger partial charge in [-0.2, -0.15) is 0 Å². The van der Waals surface area contributed by atoms with E-state index in [9.17, 15) is 9.90 Å². The second-order valence-electron chi connectivity index (χ2n) is 4.02. The molecule has 0 aromatic heterocycles. The third-order valence-corrected chi connectivity index (χ3v) is 2.59. The third-order valence-electron chi connectivity index (χ3n) is 2.59. The first-order valence-corrected chi connectivity index (χ1v) is 6.13.